The van der Waals surface area contributed by atoms with Crippen LogP contribution in [-0.4, -0.2) is 35.5 Å². The Morgan fingerprint density at radius 2 is 1.76 bits per heavy atom. The Morgan fingerprint density at radius 3 is 2.33 bits per heavy atom. The lowest BCUT2D eigenvalue weighted by atomic mass is 9.97. The van der Waals surface area contributed by atoms with Gasteiger partial charge in [-0.15, -0.1) is 0 Å². The zero-order chi connectivity index (χ0) is 15.4. The molecule has 1 heterocycles. The molecule has 21 heavy (non-hydrogen) atoms. The molecule has 1 aromatic carbocycles. The smallest absolute Gasteiger partial charge is 0.338 e. The minimum atomic E-state index is -0.465. The van der Waals surface area contributed by atoms with E-state index in [4.69, 9.17) is 4.74 Å². The number of benzene rings is 1. The largest absolute Gasteiger partial charge is 0.452 e. The Bertz CT molecular complexity index is 505. The van der Waals surface area contributed by atoms with Crippen LogP contribution in [0.5, 0.6) is 0 Å². The summed E-state index contributed by atoms with van der Waals surface area (Å²) in [6, 6.07) is 7.31. The molecule has 1 amide bonds. The lowest BCUT2D eigenvalue weighted by Gasteiger charge is -2.38. The Morgan fingerprint density at radius 1 is 1.19 bits per heavy atom. The molecule has 0 N–H and O–H groups in total. The van der Waals surface area contributed by atoms with Crippen LogP contribution in [0, 0.1) is 0 Å². The number of hydrogen-bond acceptors (Lipinski definition) is 3. The molecule has 0 aliphatic carbocycles. The van der Waals surface area contributed by atoms with Crippen LogP contribution in [0.1, 0.15) is 43.5 Å². The number of halogens is 1. The highest BCUT2D eigenvalue weighted by molar-refractivity contribution is 9.10. The molecule has 1 fully saturated rings. The zero-order valence-electron chi connectivity index (χ0n) is 12.3. The number of carbonyl (C=O) groups excluding carboxylic acids is 2. The average molecular weight is 354 g/mol. The molecule has 2 atom stereocenters. The molecule has 5 heteroatoms. The van der Waals surface area contributed by atoms with E-state index < -0.39 is 5.97 Å². The van der Waals surface area contributed by atoms with Crippen LogP contribution in [-0.2, 0) is 9.53 Å². The van der Waals surface area contributed by atoms with Gasteiger partial charge in [0.25, 0.3) is 5.91 Å². The first kappa shape index (κ1) is 16.0. The fourth-order valence-corrected chi connectivity index (χ4v) is 3.05. The Labute approximate surface area is 133 Å². The van der Waals surface area contributed by atoms with Gasteiger partial charge in [0.05, 0.1) is 5.56 Å². The fraction of sp³-hybridized carbons (Fsp3) is 0.500. The van der Waals surface area contributed by atoms with Gasteiger partial charge in [0.1, 0.15) is 0 Å². The van der Waals surface area contributed by atoms with Crippen molar-refractivity contribution in [2.45, 2.75) is 45.2 Å². The van der Waals surface area contributed by atoms with Crippen molar-refractivity contribution in [2.24, 2.45) is 0 Å². The van der Waals surface area contributed by atoms with Gasteiger partial charge in [-0.25, -0.2) is 4.79 Å². The Hall–Kier alpha value is -1.36. The molecule has 1 aliphatic rings. The molecule has 4 nitrogen and oxygen atoms in total. The van der Waals surface area contributed by atoms with E-state index in [1.165, 1.54) is 0 Å². The summed E-state index contributed by atoms with van der Waals surface area (Å²) < 4.78 is 6.03. The van der Waals surface area contributed by atoms with Gasteiger partial charge in [-0.3, -0.25) is 4.79 Å². The van der Waals surface area contributed by atoms with Crippen molar-refractivity contribution < 1.29 is 14.3 Å². The van der Waals surface area contributed by atoms with Crippen molar-refractivity contribution in [3.8, 4) is 0 Å². The number of nitrogens with zero attached hydrogens (tertiary/aromatic N) is 1. The average Bonchev–Trinajstić information content (AvgIpc) is 2.45. The summed E-state index contributed by atoms with van der Waals surface area (Å²) in [5, 5.41) is 0. The van der Waals surface area contributed by atoms with Crippen LogP contribution in [0.2, 0.25) is 0 Å². The lowest BCUT2D eigenvalue weighted by Crippen LogP contribution is -2.49. The summed E-state index contributed by atoms with van der Waals surface area (Å²) in [5.41, 5.74) is 0.450. The van der Waals surface area contributed by atoms with E-state index in [0.717, 1.165) is 23.7 Å². The normalized spacial score (nSPS) is 22.0. The van der Waals surface area contributed by atoms with Crippen LogP contribution in [0.15, 0.2) is 28.7 Å². The highest BCUT2D eigenvalue weighted by atomic mass is 79.9. The van der Waals surface area contributed by atoms with Crippen LogP contribution in [0.3, 0.4) is 0 Å². The second-order valence-corrected chi connectivity index (χ2v) is 6.43. The summed E-state index contributed by atoms with van der Waals surface area (Å²) >= 11 is 3.31. The van der Waals surface area contributed by atoms with Gasteiger partial charge in [0.2, 0.25) is 0 Å². The molecule has 2 unspecified atom stereocenters. The quantitative estimate of drug-likeness (QED) is 0.782. The molecule has 114 valence electrons. The maximum atomic E-state index is 12.3. The van der Waals surface area contributed by atoms with Crippen molar-refractivity contribution >= 4 is 27.8 Å². The molecule has 1 aliphatic heterocycles. The molecule has 2 rings (SSSR count). The first-order valence-corrected chi connectivity index (χ1v) is 8.02. The summed E-state index contributed by atoms with van der Waals surface area (Å²) in [4.78, 5) is 26.0. The summed E-state index contributed by atoms with van der Waals surface area (Å²) in [5.74, 6) is -0.576. The monoisotopic (exact) mass is 353 g/mol. The van der Waals surface area contributed by atoms with Crippen LogP contribution >= 0.6 is 15.9 Å². The van der Waals surface area contributed by atoms with Gasteiger partial charge in [-0.1, -0.05) is 15.9 Å². The van der Waals surface area contributed by atoms with E-state index in [2.05, 4.69) is 15.9 Å². The second-order valence-electron chi connectivity index (χ2n) is 5.51. The molecule has 0 saturated carbocycles. The third kappa shape index (κ3) is 4.06. The van der Waals surface area contributed by atoms with E-state index in [9.17, 15) is 9.59 Å². The maximum Gasteiger partial charge on any atom is 0.338 e. The van der Waals surface area contributed by atoms with Crippen molar-refractivity contribution in [3.63, 3.8) is 0 Å². The van der Waals surface area contributed by atoms with Crippen molar-refractivity contribution in [2.75, 3.05) is 6.61 Å². The highest BCUT2D eigenvalue weighted by Gasteiger charge is 2.29. The van der Waals surface area contributed by atoms with Gasteiger partial charge < -0.3 is 9.64 Å². The standard InChI is InChI=1S/C16H20BrNO3/c1-11-4-3-5-12(2)18(11)15(19)10-21-16(20)13-6-8-14(17)9-7-13/h6-9,11-12H,3-5,10H2,1-2H3. The van der Waals surface area contributed by atoms with Crippen molar-refractivity contribution in [1.29, 1.82) is 0 Å². The van der Waals surface area contributed by atoms with Crippen molar-refractivity contribution in [3.05, 3.63) is 34.3 Å². The maximum absolute atomic E-state index is 12.3. The Balaban J connectivity index is 1.91. The Kier molecular flexibility index (Phi) is 5.39. The molecule has 0 aromatic heterocycles. The third-order valence-electron chi connectivity index (χ3n) is 3.89. The van der Waals surface area contributed by atoms with E-state index in [1.807, 2.05) is 18.7 Å². The van der Waals surface area contributed by atoms with Crippen molar-refractivity contribution in [1.82, 2.24) is 4.90 Å². The third-order valence-corrected chi connectivity index (χ3v) is 4.42. The molecule has 0 spiro atoms. The van der Waals surface area contributed by atoms with E-state index in [0.29, 0.717) is 5.56 Å². The van der Waals surface area contributed by atoms with Crippen LogP contribution in [0.4, 0.5) is 0 Å². The fourth-order valence-electron chi connectivity index (χ4n) is 2.78. The molecular weight excluding hydrogens is 334 g/mol. The number of piperidine rings is 1. The van der Waals surface area contributed by atoms with Crippen LogP contribution < -0.4 is 0 Å². The van der Waals surface area contributed by atoms with Crippen LogP contribution in [0.25, 0.3) is 0 Å². The highest BCUT2D eigenvalue weighted by Crippen LogP contribution is 2.22. The predicted octanol–water partition coefficient (Wildman–Crippen LogP) is 3.40. The number of ether oxygens (including phenoxy) is 1. The van der Waals surface area contributed by atoms with Gasteiger partial charge in [-0.2, -0.15) is 0 Å². The van der Waals surface area contributed by atoms with E-state index >= 15 is 0 Å². The first-order valence-electron chi connectivity index (χ1n) is 7.23. The summed E-state index contributed by atoms with van der Waals surface area (Å²) in [6.45, 7) is 3.90. The van der Waals surface area contributed by atoms with Gasteiger partial charge >= 0.3 is 5.97 Å². The minimum Gasteiger partial charge on any atom is -0.452 e. The number of hydrogen-bond donors (Lipinski definition) is 0. The van der Waals surface area contributed by atoms with E-state index in [-0.39, 0.29) is 24.6 Å². The number of esters is 1. The first-order chi connectivity index (χ1) is 9.99. The predicted molar refractivity (Wildman–Crippen MR) is 84.0 cm³/mol. The number of rotatable bonds is 3. The number of carbonyl (C=O) groups is 2. The topological polar surface area (TPSA) is 46.6 Å². The molecule has 1 aromatic rings. The molecular formula is C16H20BrNO3. The van der Waals surface area contributed by atoms with E-state index in [1.54, 1.807) is 24.3 Å². The lowest BCUT2D eigenvalue weighted by molar-refractivity contribution is -0.140. The summed E-state index contributed by atoms with van der Waals surface area (Å²) in [6.07, 6.45) is 3.16. The number of amides is 1. The SMILES string of the molecule is CC1CCCC(C)N1C(=O)COC(=O)c1ccc(Br)cc1. The second kappa shape index (κ2) is 7.07. The summed E-state index contributed by atoms with van der Waals surface area (Å²) in [7, 11) is 0. The van der Waals surface area contributed by atoms with Gasteiger partial charge in [0, 0.05) is 16.6 Å². The minimum absolute atomic E-state index is 0.111. The zero-order valence-corrected chi connectivity index (χ0v) is 13.9. The molecule has 0 radical (unpaired) electrons. The van der Waals surface area contributed by atoms with Gasteiger partial charge in [0.15, 0.2) is 6.61 Å². The number of likely N-dealkylation sites (tertiary alicyclic amines) is 1. The van der Waals surface area contributed by atoms with Gasteiger partial charge in [-0.05, 0) is 57.4 Å². The molecule has 0 bridgehead atoms. The molecule has 1 saturated heterocycles.